The Kier molecular flexibility index (Phi) is 9.08. The molecule has 0 aromatic heterocycles. The maximum absolute atomic E-state index is 13.8. The van der Waals surface area contributed by atoms with Crippen LogP contribution >= 0.6 is 0 Å². The predicted octanol–water partition coefficient (Wildman–Crippen LogP) is 5.19. The van der Waals surface area contributed by atoms with E-state index in [1.54, 1.807) is 12.0 Å². The zero-order chi connectivity index (χ0) is 25.9. The quantitative estimate of drug-likeness (QED) is 0.313. The van der Waals surface area contributed by atoms with E-state index in [0.29, 0.717) is 25.3 Å². The minimum absolute atomic E-state index is 0.0941. The molecule has 0 heterocycles. The standard InChI is InChI=1S/C32H32N2O3/c1-37-30-20-12-11-19-28(30)23-33-32(36)29(21-25-13-5-2-6-14-25)34(24-27-17-9-4-10-18-27)31(35)22-26-15-7-3-8-16-26/h2-20,29H,21-24H2,1H3,(H,33,36). The van der Waals surface area contributed by atoms with Gasteiger partial charge >= 0.3 is 0 Å². The first-order valence-electron chi connectivity index (χ1n) is 12.4. The average molecular weight is 493 g/mol. The molecule has 4 rings (SSSR count). The van der Waals surface area contributed by atoms with Crippen molar-refractivity contribution in [2.45, 2.75) is 32.0 Å². The van der Waals surface area contributed by atoms with E-state index in [-0.39, 0.29) is 18.2 Å². The third-order valence-electron chi connectivity index (χ3n) is 6.31. The lowest BCUT2D eigenvalue weighted by molar-refractivity contribution is -0.140. The van der Waals surface area contributed by atoms with E-state index in [0.717, 1.165) is 22.3 Å². The average Bonchev–Trinajstić information content (AvgIpc) is 2.95. The van der Waals surface area contributed by atoms with Crippen LogP contribution in [0.25, 0.3) is 0 Å². The molecule has 37 heavy (non-hydrogen) atoms. The molecular formula is C32H32N2O3. The third-order valence-corrected chi connectivity index (χ3v) is 6.31. The topological polar surface area (TPSA) is 58.6 Å². The van der Waals surface area contributed by atoms with Crippen LogP contribution in [0.15, 0.2) is 115 Å². The summed E-state index contributed by atoms with van der Waals surface area (Å²) < 4.78 is 5.45. The van der Waals surface area contributed by atoms with E-state index >= 15 is 0 Å². The first-order chi connectivity index (χ1) is 18.1. The van der Waals surface area contributed by atoms with Gasteiger partial charge in [0.2, 0.25) is 11.8 Å². The van der Waals surface area contributed by atoms with Crippen molar-refractivity contribution in [1.29, 1.82) is 0 Å². The van der Waals surface area contributed by atoms with Gasteiger partial charge in [0, 0.05) is 25.1 Å². The summed E-state index contributed by atoms with van der Waals surface area (Å²) in [6, 6.07) is 36.2. The first kappa shape index (κ1) is 25.7. The number of carbonyl (C=O) groups is 2. The molecule has 1 N–H and O–H groups in total. The maximum Gasteiger partial charge on any atom is 0.243 e. The summed E-state index contributed by atoms with van der Waals surface area (Å²) in [5.74, 6) is 0.416. The van der Waals surface area contributed by atoms with Crippen LogP contribution in [-0.4, -0.2) is 29.9 Å². The van der Waals surface area contributed by atoms with Gasteiger partial charge in [0.1, 0.15) is 11.8 Å². The van der Waals surface area contributed by atoms with E-state index in [4.69, 9.17) is 4.74 Å². The molecule has 1 unspecified atom stereocenters. The van der Waals surface area contributed by atoms with Crippen LogP contribution in [-0.2, 0) is 35.5 Å². The number of carbonyl (C=O) groups excluding carboxylic acids is 2. The highest BCUT2D eigenvalue weighted by molar-refractivity contribution is 5.88. The number of rotatable bonds is 11. The van der Waals surface area contributed by atoms with Gasteiger partial charge < -0.3 is 15.0 Å². The lowest BCUT2D eigenvalue weighted by atomic mass is 10.0. The number of nitrogens with one attached hydrogen (secondary N) is 1. The molecule has 0 aliphatic rings. The first-order valence-corrected chi connectivity index (χ1v) is 12.4. The van der Waals surface area contributed by atoms with Gasteiger partial charge in [0.25, 0.3) is 0 Å². The molecule has 0 spiro atoms. The molecular weight excluding hydrogens is 460 g/mol. The molecule has 0 saturated carbocycles. The van der Waals surface area contributed by atoms with Crippen molar-refractivity contribution >= 4 is 11.8 Å². The monoisotopic (exact) mass is 492 g/mol. The predicted molar refractivity (Wildman–Crippen MR) is 146 cm³/mol. The van der Waals surface area contributed by atoms with Crippen molar-refractivity contribution in [3.8, 4) is 5.75 Å². The van der Waals surface area contributed by atoms with Gasteiger partial charge in [-0.25, -0.2) is 0 Å². The number of methoxy groups -OCH3 is 1. The van der Waals surface area contributed by atoms with Gasteiger partial charge in [-0.05, 0) is 22.8 Å². The van der Waals surface area contributed by atoms with Gasteiger partial charge in [-0.1, -0.05) is 109 Å². The highest BCUT2D eigenvalue weighted by Crippen LogP contribution is 2.19. The summed E-state index contributed by atoms with van der Waals surface area (Å²) in [5, 5.41) is 3.07. The van der Waals surface area contributed by atoms with E-state index in [1.165, 1.54) is 0 Å². The second-order valence-corrected chi connectivity index (χ2v) is 8.90. The largest absolute Gasteiger partial charge is 0.496 e. The Balaban J connectivity index is 1.63. The Bertz CT molecular complexity index is 1280. The third kappa shape index (κ3) is 7.31. The van der Waals surface area contributed by atoms with E-state index < -0.39 is 6.04 Å². The van der Waals surface area contributed by atoms with Crippen LogP contribution in [0.1, 0.15) is 22.3 Å². The maximum atomic E-state index is 13.8. The Labute approximate surface area is 218 Å². The second kappa shape index (κ2) is 13.1. The summed E-state index contributed by atoms with van der Waals surface area (Å²) >= 11 is 0. The zero-order valence-electron chi connectivity index (χ0n) is 21.0. The van der Waals surface area contributed by atoms with Crippen LogP contribution < -0.4 is 10.1 Å². The smallest absolute Gasteiger partial charge is 0.243 e. The molecule has 5 heteroatoms. The number of amides is 2. The zero-order valence-corrected chi connectivity index (χ0v) is 21.0. The van der Waals surface area contributed by atoms with Gasteiger partial charge in [0.15, 0.2) is 0 Å². The highest BCUT2D eigenvalue weighted by Gasteiger charge is 2.30. The van der Waals surface area contributed by atoms with Crippen molar-refractivity contribution in [2.75, 3.05) is 7.11 Å². The molecule has 4 aromatic rings. The highest BCUT2D eigenvalue weighted by atomic mass is 16.5. The fraction of sp³-hybridized carbons (Fsp3) is 0.188. The van der Waals surface area contributed by atoms with Crippen molar-refractivity contribution < 1.29 is 14.3 Å². The molecule has 0 aliphatic carbocycles. The Hall–Kier alpha value is -4.38. The number of para-hydroxylation sites is 1. The number of hydrogen-bond donors (Lipinski definition) is 1. The van der Waals surface area contributed by atoms with Crippen molar-refractivity contribution in [3.63, 3.8) is 0 Å². The van der Waals surface area contributed by atoms with Crippen molar-refractivity contribution in [3.05, 3.63) is 138 Å². The van der Waals surface area contributed by atoms with Crippen molar-refractivity contribution in [1.82, 2.24) is 10.2 Å². The summed E-state index contributed by atoms with van der Waals surface area (Å²) in [5.41, 5.74) is 3.76. The molecule has 2 amide bonds. The van der Waals surface area contributed by atoms with Crippen LogP contribution in [0, 0.1) is 0 Å². The lowest BCUT2D eigenvalue weighted by Crippen LogP contribution is -2.50. The Morgan fingerprint density at radius 1 is 0.730 bits per heavy atom. The molecule has 0 radical (unpaired) electrons. The van der Waals surface area contributed by atoms with Gasteiger partial charge in [-0.3, -0.25) is 9.59 Å². The minimum atomic E-state index is -0.687. The summed E-state index contributed by atoms with van der Waals surface area (Å²) in [7, 11) is 1.61. The van der Waals surface area contributed by atoms with Crippen LogP contribution in [0.3, 0.4) is 0 Å². The summed E-state index contributed by atoms with van der Waals surface area (Å²) in [6.07, 6.45) is 0.630. The number of hydrogen-bond acceptors (Lipinski definition) is 3. The molecule has 1 atom stereocenters. The minimum Gasteiger partial charge on any atom is -0.496 e. The number of nitrogens with zero attached hydrogens (tertiary/aromatic N) is 1. The number of benzene rings is 4. The van der Waals surface area contributed by atoms with Gasteiger partial charge in [-0.2, -0.15) is 0 Å². The van der Waals surface area contributed by atoms with E-state index in [2.05, 4.69) is 5.32 Å². The summed E-state index contributed by atoms with van der Waals surface area (Å²) in [4.78, 5) is 29.2. The second-order valence-electron chi connectivity index (χ2n) is 8.90. The van der Waals surface area contributed by atoms with E-state index in [9.17, 15) is 9.59 Å². The fourth-order valence-corrected chi connectivity index (χ4v) is 4.36. The van der Waals surface area contributed by atoms with Crippen LogP contribution in [0.2, 0.25) is 0 Å². The van der Waals surface area contributed by atoms with Crippen LogP contribution in [0.5, 0.6) is 5.75 Å². The number of ether oxygens (including phenoxy) is 1. The van der Waals surface area contributed by atoms with Gasteiger partial charge in [0.05, 0.1) is 13.5 Å². The molecule has 188 valence electrons. The molecule has 5 nitrogen and oxygen atoms in total. The molecule has 0 bridgehead atoms. The Morgan fingerprint density at radius 2 is 1.27 bits per heavy atom. The molecule has 4 aromatic carbocycles. The van der Waals surface area contributed by atoms with Gasteiger partial charge in [-0.15, -0.1) is 0 Å². The Morgan fingerprint density at radius 3 is 1.89 bits per heavy atom. The van der Waals surface area contributed by atoms with Crippen LogP contribution in [0.4, 0.5) is 0 Å². The normalized spacial score (nSPS) is 11.4. The molecule has 0 aliphatic heterocycles. The SMILES string of the molecule is COc1ccccc1CNC(=O)C(Cc1ccccc1)N(Cc1ccccc1)C(=O)Cc1ccccc1. The molecule has 0 fully saturated rings. The molecule has 0 saturated heterocycles. The fourth-order valence-electron chi connectivity index (χ4n) is 4.36. The lowest BCUT2D eigenvalue weighted by Gasteiger charge is -2.32. The van der Waals surface area contributed by atoms with Crippen molar-refractivity contribution in [2.24, 2.45) is 0 Å². The van der Waals surface area contributed by atoms with E-state index in [1.807, 2.05) is 115 Å². The summed E-state index contributed by atoms with van der Waals surface area (Å²) in [6.45, 7) is 0.645.